The number of unbranched alkanes of at least 4 members (excludes halogenated alkanes) is 1. The van der Waals surface area contributed by atoms with E-state index < -0.39 is 0 Å². The summed E-state index contributed by atoms with van der Waals surface area (Å²) in [6, 6.07) is 0. The number of carbonyl (C=O) groups is 1. The molecule has 100 valence electrons. The van der Waals surface area contributed by atoms with Gasteiger partial charge in [0.15, 0.2) is 0 Å². The van der Waals surface area contributed by atoms with Crippen molar-refractivity contribution in [2.75, 3.05) is 19.6 Å². The molecule has 1 atom stereocenters. The van der Waals surface area contributed by atoms with Crippen LogP contribution in [0.5, 0.6) is 0 Å². The summed E-state index contributed by atoms with van der Waals surface area (Å²) in [5, 5.41) is 0. The molecule has 0 amide bonds. The lowest BCUT2D eigenvalue weighted by atomic mass is 9.89. The van der Waals surface area contributed by atoms with Crippen LogP contribution in [-0.4, -0.2) is 30.3 Å². The van der Waals surface area contributed by atoms with E-state index in [4.69, 9.17) is 0 Å². The van der Waals surface area contributed by atoms with Crippen molar-refractivity contribution in [3.63, 3.8) is 0 Å². The van der Waals surface area contributed by atoms with Crippen molar-refractivity contribution in [3.05, 3.63) is 0 Å². The van der Waals surface area contributed by atoms with Crippen LogP contribution in [0.15, 0.2) is 0 Å². The Morgan fingerprint density at radius 1 is 1.24 bits per heavy atom. The van der Waals surface area contributed by atoms with Gasteiger partial charge in [-0.3, -0.25) is 0 Å². The van der Waals surface area contributed by atoms with E-state index in [2.05, 4.69) is 18.7 Å². The van der Waals surface area contributed by atoms with Gasteiger partial charge in [0.25, 0.3) is 0 Å². The predicted octanol–water partition coefficient (Wildman–Crippen LogP) is 3.50. The molecule has 1 aliphatic heterocycles. The van der Waals surface area contributed by atoms with Crippen LogP contribution in [0, 0.1) is 11.8 Å². The van der Waals surface area contributed by atoms with E-state index >= 15 is 0 Å². The summed E-state index contributed by atoms with van der Waals surface area (Å²) in [5.74, 6) is 2.10. The van der Waals surface area contributed by atoms with E-state index in [1.807, 2.05) is 0 Å². The van der Waals surface area contributed by atoms with Crippen molar-refractivity contribution in [3.8, 4) is 0 Å². The quantitative estimate of drug-likeness (QED) is 0.661. The van der Waals surface area contributed by atoms with E-state index in [1.165, 1.54) is 45.3 Å². The summed E-state index contributed by atoms with van der Waals surface area (Å²) in [4.78, 5) is 13.5. The van der Waals surface area contributed by atoms with Crippen LogP contribution >= 0.6 is 0 Å². The summed E-state index contributed by atoms with van der Waals surface area (Å²) >= 11 is 0. The molecule has 0 aliphatic carbocycles. The summed E-state index contributed by atoms with van der Waals surface area (Å²) in [7, 11) is 0. The smallest absolute Gasteiger partial charge is 0.129 e. The first-order valence-corrected chi connectivity index (χ1v) is 7.31. The molecule has 1 aliphatic rings. The molecular weight excluding hydrogens is 210 g/mol. The molecule has 0 N–H and O–H groups in total. The summed E-state index contributed by atoms with van der Waals surface area (Å²) < 4.78 is 0. The van der Waals surface area contributed by atoms with Gasteiger partial charge in [0.2, 0.25) is 0 Å². The van der Waals surface area contributed by atoms with E-state index in [1.54, 1.807) is 6.92 Å². The maximum Gasteiger partial charge on any atom is 0.129 e. The minimum atomic E-state index is 0.334. The van der Waals surface area contributed by atoms with Crippen molar-refractivity contribution in [1.29, 1.82) is 0 Å². The number of hydrogen-bond donors (Lipinski definition) is 0. The van der Waals surface area contributed by atoms with Crippen LogP contribution in [0.3, 0.4) is 0 Å². The summed E-state index contributed by atoms with van der Waals surface area (Å²) in [6.45, 7) is 10.1. The number of nitrogens with zero attached hydrogens (tertiary/aromatic N) is 1. The fraction of sp³-hybridized carbons (Fsp3) is 0.933. The Morgan fingerprint density at radius 2 is 2.00 bits per heavy atom. The highest BCUT2D eigenvalue weighted by atomic mass is 16.1. The molecule has 1 saturated heterocycles. The third kappa shape index (κ3) is 6.21. The molecule has 1 heterocycles. The molecule has 17 heavy (non-hydrogen) atoms. The largest absolute Gasteiger partial charge is 0.303 e. The molecule has 1 fully saturated rings. The van der Waals surface area contributed by atoms with Gasteiger partial charge in [0.05, 0.1) is 0 Å². The molecular formula is C15H29NO. The maximum absolute atomic E-state index is 10.9. The van der Waals surface area contributed by atoms with Gasteiger partial charge in [0, 0.05) is 6.42 Å². The molecule has 2 nitrogen and oxygen atoms in total. The Kier molecular flexibility index (Phi) is 6.79. The third-order valence-electron chi connectivity index (χ3n) is 4.06. The number of carbonyl (C=O) groups excluding carboxylic acids is 1. The van der Waals surface area contributed by atoms with Gasteiger partial charge >= 0.3 is 0 Å². The lowest BCUT2D eigenvalue weighted by molar-refractivity contribution is -0.117. The number of hydrogen-bond acceptors (Lipinski definition) is 2. The normalized spacial score (nSPS) is 22.7. The third-order valence-corrected chi connectivity index (χ3v) is 4.06. The van der Waals surface area contributed by atoms with Gasteiger partial charge in [-0.05, 0) is 70.5 Å². The van der Waals surface area contributed by atoms with Crippen LogP contribution < -0.4 is 0 Å². The minimum Gasteiger partial charge on any atom is -0.303 e. The highest BCUT2D eigenvalue weighted by molar-refractivity contribution is 5.75. The lowest BCUT2D eigenvalue weighted by Crippen LogP contribution is -2.26. The van der Waals surface area contributed by atoms with E-state index in [-0.39, 0.29) is 0 Å². The van der Waals surface area contributed by atoms with Crippen LogP contribution in [0.2, 0.25) is 0 Å². The van der Waals surface area contributed by atoms with Gasteiger partial charge < -0.3 is 9.69 Å². The van der Waals surface area contributed by atoms with Crippen LogP contribution in [0.4, 0.5) is 0 Å². The Bertz CT molecular complexity index is 225. The Hall–Kier alpha value is -0.370. The second kappa shape index (κ2) is 7.86. The van der Waals surface area contributed by atoms with Crippen molar-refractivity contribution >= 4 is 5.78 Å². The first-order valence-electron chi connectivity index (χ1n) is 7.31. The Balaban J connectivity index is 2.16. The molecule has 2 heteroatoms. The second-order valence-corrected chi connectivity index (χ2v) is 5.94. The van der Waals surface area contributed by atoms with Crippen molar-refractivity contribution in [2.24, 2.45) is 11.8 Å². The molecule has 0 aromatic rings. The predicted molar refractivity (Wildman–Crippen MR) is 73.2 cm³/mol. The van der Waals surface area contributed by atoms with Crippen LogP contribution in [0.1, 0.15) is 59.3 Å². The number of likely N-dealkylation sites (tertiary alicyclic amines) is 1. The van der Waals surface area contributed by atoms with Gasteiger partial charge in [-0.2, -0.15) is 0 Å². The number of Topliss-reactive ketones (excluding diaryl/α,β-unsaturated/α-hetero) is 1. The average molecular weight is 239 g/mol. The molecule has 0 saturated carbocycles. The first-order chi connectivity index (χ1) is 8.09. The number of ketones is 1. The second-order valence-electron chi connectivity index (χ2n) is 5.94. The zero-order valence-electron chi connectivity index (χ0n) is 11.9. The minimum absolute atomic E-state index is 0.334. The van der Waals surface area contributed by atoms with Gasteiger partial charge in [-0.1, -0.05) is 13.8 Å². The molecule has 1 rings (SSSR count). The number of rotatable bonds is 6. The Labute approximate surface area is 107 Å². The van der Waals surface area contributed by atoms with Crippen molar-refractivity contribution < 1.29 is 4.79 Å². The van der Waals surface area contributed by atoms with Crippen molar-refractivity contribution in [2.45, 2.75) is 59.3 Å². The maximum atomic E-state index is 10.9. The molecule has 1 unspecified atom stereocenters. The molecule has 0 aromatic heterocycles. The van der Waals surface area contributed by atoms with E-state index in [0.717, 1.165) is 24.7 Å². The summed E-state index contributed by atoms with van der Waals surface area (Å²) in [5.41, 5.74) is 0. The molecule has 0 spiro atoms. The lowest BCUT2D eigenvalue weighted by Gasteiger charge is -2.21. The molecule has 0 aromatic carbocycles. The van der Waals surface area contributed by atoms with Gasteiger partial charge in [-0.15, -0.1) is 0 Å². The SMILES string of the molecule is CC(=O)CCCCN1CCCC(C(C)C)CC1. The standard InChI is InChI=1S/C15H29NO/c1-13(2)15-8-6-11-16(12-9-15)10-5-4-7-14(3)17/h13,15H,4-12H2,1-3H3. The van der Waals surface area contributed by atoms with Gasteiger partial charge in [-0.25, -0.2) is 0 Å². The zero-order chi connectivity index (χ0) is 12.7. The fourth-order valence-corrected chi connectivity index (χ4v) is 2.78. The summed E-state index contributed by atoms with van der Waals surface area (Å²) in [6.07, 6.45) is 7.15. The van der Waals surface area contributed by atoms with Crippen LogP contribution in [-0.2, 0) is 4.79 Å². The van der Waals surface area contributed by atoms with Crippen LogP contribution in [0.25, 0.3) is 0 Å². The highest BCUT2D eigenvalue weighted by Crippen LogP contribution is 2.24. The first kappa shape index (κ1) is 14.7. The monoisotopic (exact) mass is 239 g/mol. The molecule has 0 radical (unpaired) electrons. The van der Waals surface area contributed by atoms with E-state index in [9.17, 15) is 4.79 Å². The van der Waals surface area contributed by atoms with Crippen molar-refractivity contribution in [1.82, 2.24) is 4.90 Å². The van der Waals surface area contributed by atoms with Gasteiger partial charge in [0.1, 0.15) is 5.78 Å². The average Bonchev–Trinajstić information content (AvgIpc) is 2.49. The fourth-order valence-electron chi connectivity index (χ4n) is 2.78. The zero-order valence-corrected chi connectivity index (χ0v) is 11.9. The molecule has 0 bridgehead atoms. The van der Waals surface area contributed by atoms with E-state index in [0.29, 0.717) is 5.78 Å². The Morgan fingerprint density at radius 3 is 2.65 bits per heavy atom. The topological polar surface area (TPSA) is 20.3 Å². The highest BCUT2D eigenvalue weighted by Gasteiger charge is 2.18.